The van der Waals surface area contributed by atoms with E-state index in [1.54, 1.807) is 5.94 Å². The molecule has 2 heterocycles. The lowest BCUT2D eigenvalue weighted by molar-refractivity contribution is 0.0908. The Bertz CT molecular complexity index is 668. The lowest BCUT2D eigenvalue weighted by Crippen LogP contribution is -2.58. The van der Waals surface area contributed by atoms with Crippen LogP contribution in [0.2, 0.25) is 0 Å². The number of ether oxygens (including phenoxy) is 1. The molecular formula is C21H31IN4O3. The Morgan fingerprint density at radius 2 is 1.86 bits per heavy atom. The Balaban J connectivity index is 0.00000300. The summed E-state index contributed by atoms with van der Waals surface area (Å²) in [5.74, 6) is 1.70. The molecular weight excluding hydrogens is 483 g/mol. The summed E-state index contributed by atoms with van der Waals surface area (Å²) in [6, 6.07) is 10.3. The predicted octanol–water partition coefficient (Wildman–Crippen LogP) is 1.61. The molecule has 160 valence electrons. The minimum Gasteiger partial charge on any atom is -0.375 e. The normalized spacial score (nSPS) is 19.0. The second-order valence-electron chi connectivity index (χ2n) is 7.35. The number of halogens is 1. The van der Waals surface area contributed by atoms with Gasteiger partial charge in [-0.2, -0.15) is 0 Å². The van der Waals surface area contributed by atoms with Crippen LogP contribution >= 0.6 is 24.0 Å². The number of piperazine rings is 1. The van der Waals surface area contributed by atoms with Gasteiger partial charge in [0.05, 0.1) is 18.8 Å². The zero-order valence-electron chi connectivity index (χ0n) is 16.8. The van der Waals surface area contributed by atoms with E-state index < -0.39 is 0 Å². The minimum absolute atomic E-state index is 0. The third-order valence-electron chi connectivity index (χ3n) is 5.63. The van der Waals surface area contributed by atoms with Crippen molar-refractivity contribution in [3.8, 4) is 0 Å². The number of benzene rings is 1. The van der Waals surface area contributed by atoms with Crippen LogP contribution in [0.25, 0.3) is 0 Å². The van der Waals surface area contributed by atoms with Crippen molar-refractivity contribution in [3.05, 3.63) is 42.0 Å². The molecule has 2 saturated heterocycles. The monoisotopic (exact) mass is 514 g/mol. The van der Waals surface area contributed by atoms with Gasteiger partial charge in [-0.25, -0.2) is 9.59 Å². The summed E-state index contributed by atoms with van der Waals surface area (Å²) in [7, 11) is 0. The molecule has 0 radical (unpaired) electrons. The third kappa shape index (κ3) is 6.79. The molecule has 0 bridgehead atoms. The lowest BCUT2D eigenvalue weighted by Gasteiger charge is -2.42. The van der Waals surface area contributed by atoms with Gasteiger partial charge >= 0.3 is 6.03 Å². The average molecular weight is 514 g/mol. The Kier molecular flexibility index (Phi) is 10.1. The van der Waals surface area contributed by atoms with Gasteiger partial charge < -0.3 is 20.3 Å². The minimum atomic E-state index is -0.291. The molecule has 1 aromatic carbocycles. The molecule has 0 saturated carbocycles. The Labute approximate surface area is 189 Å². The van der Waals surface area contributed by atoms with E-state index in [1.807, 2.05) is 23.1 Å². The number of carbonyl (C=O) groups excluding carboxylic acids is 2. The van der Waals surface area contributed by atoms with Crippen LogP contribution in [0.5, 0.6) is 0 Å². The van der Waals surface area contributed by atoms with Crippen molar-refractivity contribution in [3.63, 3.8) is 0 Å². The number of urea groups is 1. The maximum Gasteiger partial charge on any atom is 0.318 e. The summed E-state index contributed by atoms with van der Waals surface area (Å²) in [6.07, 6.45) is 3.14. The van der Waals surface area contributed by atoms with Gasteiger partial charge in [0.1, 0.15) is 5.94 Å². The van der Waals surface area contributed by atoms with E-state index in [4.69, 9.17) is 4.74 Å². The lowest BCUT2D eigenvalue weighted by atomic mass is 9.81. The largest absolute Gasteiger partial charge is 0.375 e. The fraction of sp³-hybridized carbons (Fsp3) is 0.571. The molecule has 29 heavy (non-hydrogen) atoms. The van der Waals surface area contributed by atoms with Crippen LogP contribution in [-0.4, -0.2) is 80.8 Å². The van der Waals surface area contributed by atoms with Gasteiger partial charge in [-0.1, -0.05) is 30.3 Å². The molecule has 2 aliphatic heterocycles. The highest BCUT2D eigenvalue weighted by Crippen LogP contribution is 2.30. The number of carbonyl (C=O) groups is 1. The number of hydrogen-bond donors (Lipinski definition) is 2. The van der Waals surface area contributed by atoms with E-state index in [-0.39, 0.29) is 35.5 Å². The highest BCUT2D eigenvalue weighted by atomic mass is 127. The summed E-state index contributed by atoms with van der Waals surface area (Å²) in [6.45, 7) is 6.59. The number of nitrogens with one attached hydrogen (secondary N) is 2. The third-order valence-corrected chi connectivity index (χ3v) is 5.63. The van der Waals surface area contributed by atoms with Gasteiger partial charge in [-0.15, -0.1) is 24.0 Å². The summed E-state index contributed by atoms with van der Waals surface area (Å²) < 4.78 is 5.36. The molecule has 0 atom stereocenters. The van der Waals surface area contributed by atoms with Crippen LogP contribution in [0.1, 0.15) is 18.4 Å². The molecule has 8 heteroatoms. The van der Waals surface area contributed by atoms with Crippen molar-refractivity contribution in [1.29, 1.82) is 0 Å². The molecule has 0 aromatic heterocycles. The highest BCUT2D eigenvalue weighted by Gasteiger charge is 2.36. The summed E-state index contributed by atoms with van der Waals surface area (Å²) in [5.41, 5.74) is 0.894. The average Bonchev–Trinajstić information content (AvgIpc) is 2.75. The number of hydrogen-bond acceptors (Lipinski definition) is 5. The zero-order valence-corrected chi connectivity index (χ0v) is 19.1. The fourth-order valence-corrected chi connectivity index (χ4v) is 3.92. The van der Waals surface area contributed by atoms with Crippen LogP contribution in [0, 0.1) is 0 Å². The predicted molar refractivity (Wildman–Crippen MR) is 123 cm³/mol. The number of nitrogens with zero attached hydrogens (tertiary/aromatic N) is 2. The molecule has 7 nitrogen and oxygen atoms in total. The molecule has 2 amide bonds. The molecule has 2 aliphatic rings. The maximum atomic E-state index is 13.0. The second-order valence-corrected chi connectivity index (χ2v) is 7.35. The van der Waals surface area contributed by atoms with Gasteiger partial charge in [-0.3, -0.25) is 4.90 Å². The van der Waals surface area contributed by atoms with Crippen LogP contribution in [-0.2, 0) is 15.1 Å². The molecule has 2 fully saturated rings. The van der Waals surface area contributed by atoms with Crippen LogP contribution in [0.15, 0.2) is 36.4 Å². The Morgan fingerprint density at radius 1 is 1.17 bits per heavy atom. The van der Waals surface area contributed by atoms with Crippen LogP contribution < -0.4 is 10.6 Å². The first-order valence-corrected chi connectivity index (χ1v) is 10.1. The Morgan fingerprint density at radius 3 is 2.52 bits per heavy atom. The number of rotatable bonds is 7. The van der Waals surface area contributed by atoms with Gasteiger partial charge in [-0.05, 0) is 31.5 Å². The molecule has 0 aliphatic carbocycles. The van der Waals surface area contributed by atoms with E-state index in [0.717, 1.165) is 45.6 Å². The first kappa shape index (κ1) is 23.8. The summed E-state index contributed by atoms with van der Waals surface area (Å²) in [5, 5.41) is 6.76. The van der Waals surface area contributed by atoms with Crippen molar-refractivity contribution in [1.82, 2.24) is 20.4 Å². The van der Waals surface area contributed by atoms with Crippen molar-refractivity contribution in [2.75, 3.05) is 59.0 Å². The standard InChI is InChI=1S/C21H30N4O3.HI/c26-16-4-17-28-18-15-24-11-13-25(14-12-24)20(27)23-21(7-9-22-10-8-21)19-5-2-1-3-6-19;/h1-6,22H,7-15,17-18H2,(H,23,27);1H. The zero-order chi connectivity index (χ0) is 19.7. The van der Waals surface area contributed by atoms with Gasteiger partial charge in [0.25, 0.3) is 0 Å². The highest BCUT2D eigenvalue weighted by molar-refractivity contribution is 14.0. The van der Waals surface area contributed by atoms with E-state index in [1.165, 1.54) is 11.6 Å². The Hall–Kier alpha value is -1.45. The van der Waals surface area contributed by atoms with E-state index in [0.29, 0.717) is 26.3 Å². The van der Waals surface area contributed by atoms with Crippen LogP contribution in [0.4, 0.5) is 4.79 Å². The molecule has 0 spiro atoms. The number of amides is 2. The first-order valence-electron chi connectivity index (χ1n) is 10.1. The van der Waals surface area contributed by atoms with Crippen LogP contribution in [0.3, 0.4) is 0 Å². The fourth-order valence-electron chi connectivity index (χ4n) is 3.92. The van der Waals surface area contributed by atoms with Crippen molar-refractivity contribution >= 4 is 35.9 Å². The SMILES string of the molecule is I.O=C=CCOCCN1CCN(C(=O)NC2(c3ccccc3)CCNCC2)CC1. The summed E-state index contributed by atoms with van der Waals surface area (Å²) >= 11 is 0. The number of piperidine rings is 1. The van der Waals surface area contributed by atoms with Gasteiger partial charge in [0.15, 0.2) is 0 Å². The van der Waals surface area contributed by atoms with Gasteiger partial charge in [0.2, 0.25) is 0 Å². The molecule has 0 unspecified atom stereocenters. The van der Waals surface area contributed by atoms with E-state index in [9.17, 15) is 9.59 Å². The first-order chi connectivity index (χ1) is 13.7. The van der Waals surface area contributed by atoms with E-state index >= 15 is 0 Å². The molecule has 1 aromatic rings. The van der Waals surface area contributed by atoms with Crippen molar-refractivity contribution in [2.45, 2.75) is 18.4 Å². The van der Waals surface area contributed by atoms with Crippen molar-refractivity contribution in [2.24, 2.45) is 0 Å². The summed E-state index contributed by atoms with van der Waals surface area (Å²) in [4.78, 5) is 27.3. The molecule has 3 rings (SSSR count). The van der Waals surface area contributed by atoms with Crippen molar-refractivity contribution < 1.29 is 14.3 Å². The van der Waals surface area contributed by atoms with E-state index in [2.05, 4.69) is 27.7 Å². The maximum absolute atomic E-state index is 13.0. The topological polar surface area (TPSA) is 73.9 Å². The quantitative estimate of drug-likeness (QED) is 0.329. The van der Waals surface area contributed by atoms with Gasteiger partial charge in [0, 0.05) is 38.8 Å². The smallest absolute Gasteiger partial charge is 0.318 e. The second kappa shape index (κ2) is 12.3. The molecule has 2 N–H and O–H groups in total.